The van der Waals surface area contributed by atoms with Gasteiger partial charge in [0, 0.05) is 45.4 Å². The number of hydrogen-bond acceptors (Lipinski definition) is 5. The van der Waals surface area contributed by atoms with Gasteiger partial charge in [-0.15, -0.1) is 0 Å². The first-order valence-electron chi connectivity index (χ1n) is 8.75. The van der Waals surface area contributed by atoms with E-state index in [9.17, 15) is 4.79 Å². The summed E-state index contributed by atoms with van der Waals surface area (Å²) in [6.45, 7) is 2.60. The third kappa shape index (κ3) is 3.70. The van der Waals surface area contributed by atoms with Crippen LogP contribution in [0.4, 0.5) is 0 Å². The van der Waals surface area contributed by atoms with E-state index in [1.54, 1.807) is 11.8 Å². The van der Waals surface area contributed by atoms with Gasteiger partial charge in [-0.05, 0) is 36.8 Å². The van der Waals surface area contributed by atoms with Gasteiger partial charge in [0.2, 0.25) is 0 Å². The molecule has 0 radical (unpaired) electrons. The summed E-state index contributed by atoms with van der Waals surface area (Å²) in [5.41, 5.74) is 11.4. The molecular weight excluding hydrogens is 354 g/mol. The van der Waals surface area contributed by atoms with Gasteiger partial charge in [0.1, 0.15) is 6.54 Å². The summed E-state index contributed by atoms with van der Waals surface area (Å²) in [5.74, 6) is 0.0376. The van der Waals surface area contributed by atoms with Crippen LogP contribution in [-0.2, 0) is 0 Å². The van der Waals surface area contributed by atoms with Gasteiger partial charge in [-0.2, -0.15) is 0 Å². The fraction of sp³-hybridized carbons (Fsp3) is 0.136. The molecule has 0 saturated heterocycles. The van der Waals surface area contributed by atoms with Gasteiger partial charge < -0.3 is 5.73 Å². The number of Topliss-reactive ketones (excluding diaryl/α,β-unsaturated/α-hetero) is 1. The molecule has 0 saturated carbocycles. The number of nitrogens with two attached hydrogens (primary N) is 1. The maximum atomic E-state index is 12.1. The monoisotopic (exact) mass is 373 g/mol. The number of ketones is 1. The number of aryl methyl sites for hydroxylation is 1. The summed E-state index contributed by atoms with van der Waals surface area (Å²) < 4.78 is 0. The molecule has 0 fully saturated rings. The predicted molar refractivity (Wildman–Crippen MR) is 110 cm³/mol. The van der Waals surface area contributed by atoms with E-state index in [0.717, 1.165) is 27.3 Å². The number of hydrogen-bond donors (Lipinski definition) is 1. The third-order valence-electron chi connectivity index (χ3n) is 4.51. The molecule has 0 spiro atoms. The fourth-order valence-corrected chi connectivity index (χ4v) is 4.13. The topological polar surface area (TPSA) is 68.3 Å². The van der Waals surface area contributed by atoms with E-state index in [0.29, 0.717) is 12.1 Å². The Morgan fingerprint density at radius 3 is 2.70 bits per heavy atom. The molecule has 2 N–H and O–H groups in total. The average Bonchev–Trinajstić information content (AvgIpc) is 2.68. The normalized spacial score (nSPS) is 13.3. The number of fused-ring (bicyclic) bond motifs is 1. The Labute approximate surface area is 162 Å². The molecule has 0 unspecified atom stereocenters. The quantitative estimate of drug-likeness (QED) is 0.746. The summed E-state index contributed by atoms with van der Waals surface area (Å²) >= 11 is 1.68. The maximum absolute atomic E-state index is 12.1. The Morgan fingerprint density at radius 1 is 1.00 bits per heavy atom. The Bertz CT molecular complexity index is 1060. The highest BCUT2D eigenvalue weighted by atomic mass is 32.2. The van der Waals surface area contributed by atoms with E-state index in [-0.39, 0.29) is 12.3 Å². The van der Waals surface area contributed by atoms with Crippen LogP contribution >= 0.6 is 11.8 Å². The lowest BCUT2D eigenvalue weighted by molar-refractivity contribution is 0.1000. The lowest BCUT2D eigenvalue weighted by atomic mass is 9.93. The highest BCUT2D eigenvalue weighted by Crippen LogP contribution is 2.31. The zero-order valence-corrected chi connectivity index (χ0v) is 15.8. The van der Waals surface area contributed by atoms with Gasteiger partial charge in [-0.3, -0.25) is 14.8 Å². The average molecular weight is 373 g/mol. The molecule has 1 aliphatic rings. The third-order valence-corrected chi connectivity index (χ3v) is 5.46. The molecule has 0 aliphatic carbocycles. The Morgan fingerprint density at radius 2 is 1.89 bits per heavy atom. The predicted octanol–water partition coefficient (Wildman–Crippen LogP) is 4.15. The molecule has 1 aliphatic heterocycles. The Kier molecular flexibility index (Phi) is 4.88. The molecule has 1 aromatic heterocycles. The van der Waals surface area contributed by atoms with E-state index < -0.39 is 0 Å². The number of rotatable bonds is 4. The minimum atomic E-state index is 0.0376. The van der Waals surface area contributed by atoms with Gasteiger partial charge in [-0.1, -0.05) is 41.6 Å². The Balaban J connectivity index is 1.69. The van der Waals surface area contributed by atoms with Crippen LogP contribution in [0.25, 0.3) is 11.1 Å². The second-order valence-electron chi connectivity index (χ2n) is 6.48. The van der Waals surface area contributed by atoms with Crippen molar-refractivity contribution >= 4 is 23.3 Å². The first-order valence-corrected chi connectivity index (χ1v) is 9.56. The standard InChI is InChI=1S/C22H19N3OS/c1-14-3-2-4-17(7-14)27-18-8-16(11-24-12-18)15-5-6-19-20(9-15)21(10-23)25-13-22(19)26/h2-9,11-12H,10,13,23H2,1H3. The lowest BCUT2D eigenvalue weighted by Gasteiger charge is -2.16. The minimum Gasteiger partial charge on any atom is -0.325 e. The number of aromatic nitrogens is 1. The smallest absolute Gasteiger partial charge is 0.184 e. The van der Waals surface area contributed by atoms with Crippen LogP contribution in [-0.4, -0.2) is 29.6 Å². The minimum absolute atomic E-state index is 0.0376. The fourth-order valence-electron chi connectivity index (χ4n) is 3.17. The van der Waals surface area contributed by atoms with Crippen molar-refractivity contribution in [2.75, 3.05) is 13.1 Å². The van der Waals surface area contributed by atoms with E-state index in [1.165, 1.54) is 10.5 Å². The van der Waals surface area contributed by atoms with Gasteiger partial charge in [0.05, 0.1) is 5.71 Å². The summed E-state index contributed by atoms with van der Waals surface area (Å²) in [5, 5.41) is 0. The molecule has 2 heterocycles. The van der Waals surface area contributed by atoms with E-state index in [1.807, 2.05) is 30.6 Å². The van der Waals surface area contributed by atoms with E-state index in [2.05, 4.69) is 47.2 Å². The largest absolute Gasteiger partial charge is 0.325 e. The number of aliphatic imine (C=N–C) groups is 1. The van der Waals surface area contributed by atoms with Crippen LogP contribution in [0.3, 0.4) is 0 Å². The summed E-state index contributed by atoms with van der Waals surface area (Å²) in [6, 6.07) is 16.4. The molecule has 134 valence electrons. The first-order chi connectivity index (χ1) is 13.1. The number of carbonyl (C=O) groups excluding carboxylic acids is 1. The molecule has 2 aromatic carbocycles. The van der Waals surface area contributed by atoms with Gasteiger partial charge >= 0.3 is 0 Å². The molecule has 27 heavy (non-hydrogen) atoms. The van der Waals surface area contributed by atoms with E-state index >= 15 is 0 Å². The molecule has 3 aromatic rings. The SMILES string of the molecule is Cc1cccc(Sc2cncc(-c3ccc4c(c3)C(CN)=NCC4=O)c2)c1. The molecule has 4 nitrogen and oxygen atoms in total. The Hall–Kier alpha value is -2.76. The number of nitrogens with zero attached hydrogens (tertiary/aromatic N) is 2. The van der Waals surface area contributed by atoms with Crippen LogP contribution in [0.1, 0.15) is 21.5 Å². The summed E-state index contributed by atoms with van der Waals surface area (Å²) in [7, 11) is 0. The second-order valence-corrected chi connectivity index (χ2v) is 7.63. The zero-order valence-electron chi connectivity index (χ0n) is 15.0. The van der Waals surface area contributed by atoms with Crippen molar-refractivity contribution < 1.29 is 4.79 Å². The molecule has 0 amide bonds. The van der Waals surface area contributed by atoms with Crippen molar-refractivity contribution in [3.8, 4) is 11.1 Å². The van der Waals surface area contributed by atoms with Crippen molar-refractivity contribution in [3.05, 3.63) is 77.6 Å². The molecule has 0 atom stereocenters. The molecule has 5 heteroatoms. The van der Waals surface area contributed by atoms with Crippen molar-refractivity contribution in [2.24, 2.45) is 10.7 Å². The van der Waals surface area contributed by atoms with Gasteiger partial charge in [0.15, 0.2) is 5.78 Å². The van der Waals surface area contributed by atoms with Gasteiger partial charge in [0.25, 0.3) is 0 Å². The zero-order chi connectivity index (χ0) is 18.8. The van der Waals surface area contributed by atoms with Crippen molar-refractivity contribution in [3.63, 3.8) is 0 Å². The molecule has 4 rings (SSSR count). The highest BCUT2D eigenvalue weighted by molar-refractivity contribution is 7.99. The number of pyridine rings is 1. The molecular formula is C22H19N3OS. The van der Waals surface area contributed by atoms with Crippen LogP contribution in [0.2, 0.25) is 0 Å². The van der Waals surface area contributed by atoms with Crippen molar-refractivity contribution in [1.82, 2.24) is 4.98 Å². The van der Waals surface area contributed by atoms with Gasteiger partial charge in [-0.25, -0.2) is 0 Å². The lowest BCUT2D eigenvalue weighted by Crippen LogP contribution is -2.24. The van der Waals surface area contributed by atoms with Crippen LogP contribution < -0.4 is 5.73 Å². The first kappa shape index (κ1) is 17.6. The van der Waals surface area contributed by atoms with E-state index in [4.69, 9.17) is 5.73 Å². The van der Waals surface area contributed by atoms with Crippen molar-refractivity contribution in [2.45, 2.75) is 16.7 Å². The van der Waals surface area contributed by atoms with Crippen LogP contribution in [0.15, 0.2) is 75.7 Å². The second kappa shape index (κ2) is 7.47. The number of carbonyl (C=O) groups is 1. The summed E-state index contributed by atoms with van der Waals surface area (Å²) in [6.07, 6.45) is 3.71. The maximum Gasteiger partial charge on any atom is 0.184 e. The highest BCUT2D eigenvalue weighted by Gasteiger charge is 2.20. The number of benzene rings is 2. The summed E-state index contributed by atoms with van der Waals surface area (Å²) in [4.78, 5) is 23.1. The van der Waals surface area contributed by atoms with Crippen LogP contribution in [0, 0.1) is 6.92 Å². The molecule has 0 bridgehead atoms. The van der Waals surface area contributed by atoms with Crippen LogP contribution in [0.5, 0.6) is 0 Å². The van der Waals surface area contributed by atoms with Crippen molar-refractivity contribution in [1.29, 1.82) is 0 Å².